The van der Waals surface area contributed by atoms with Gasteiger partial charge in [0, 0.05) is 5.41 Å². The molecule has 8 N–H and O–H groups in total. The highest BCUT2D eigenvalue weighted by Gasteiger charge is 2.74. The first-order chi connectivity index (χ1) is 17.3. The van der Waals surface area contributed by atoms with Crippen molar-refractivity contribution in [2.24, 2.45) is 34.0 Å². The molecular formula is C26H42O11. The SMILES string of the molecule is C[C@@]12CCC[C@@](C)(C(=O)O[C@@H]3O[C@H](CO)[C@@H](O)[C@H](O)[C@H]3O)[C@H]1CC[C@@]13C[C@H](C[C@H](O)[C@@H]21)[C@](O)(CO)[C@H]3O. The summed E-state index contributed by atoms with van der Waals surface area (Å²) in [5.41, 5.74) is -4.05. The standard InChI is InChI=1S/C26H42O11/c1-23-5-3-6-24(2,22(34)37-20-18(32)17(31)16(30)14(10-27)36-20)15(23)4-7-25-9-12(8-13(29)19(23)25)26(35,11-28)21(25)33/h12-21,27-33,35H,3-11H2,1-2H3/t12-,13-,14+,15-,16+,17-,18+,19-,20-,21-,23+,24+,25+,26+/m0/s1. The topological polar surface area (TPSA) is 197 Å². The van der Waals surface area contributed by atoms with Crippen molar-refractivity contribution in [3.63, 3.8) is 0 Å². The Bertz CT molecular complexity index is 900. The van der Waals surface area contributed by atoms with Gasteiger partial charge < -0.3 is 50.3 Å². The largest absolute Gasteiger partial charge is 0.432 e. The molecule has 4 saturated carbocycles. The van der Waals surface area contributed by atoms with Gasteiger partial charge in [-0.05, 0) is 68.6 Å². The van der Waals surface area contributed by atoms with Crippen LogP contribution in [-0.2, 0) is 14.3 Å². The molecule has 5 fully saturated rings. The second-order valence-corrected chi connectivity index (χ2v) is 12.9. The van der Waals surface area contributed by atoms with E-state index in [2.05, 4.69) is 0 Å². The summed E-state index contributed by atoms with van der Waals surface area (Å²) in [6, 6.07) is 0. The molecule has 1 saturated heterocycles. The van der Waals surface area contributed by atoms with Gasteiger partial charge in [0.2, 0.25) is 6.29 Å². The third-order valence-electron chi connectivity index (χ3n) is 11.3. The van der Waals surface area contributed by atoms with Crippen molar-refractivity contribution in [2.75, 3.05) is 13.2 Å². The second kappa shape index (κ2) is 9.07. The van der Waals surface area contributed by atoms with E-state index in [1.807, 2.05) is 6.92 Å². The smallest absolute Gasteiger partial charge is 0.314 e. The monoisotopic (exact) mass is 530 g/mol. The first kappa shape index (κ1) is 27.7. The first-order valence-electron chi connectivity index (χ1n) is 13.5. The minimum atomic E-state index is -1.70. The van der Waals surface area contributed by atoms with E-state index in [9.17, 15) is 45.6 Å². The normalized spacial score (nSPS) is 57.4. The van der Waals surface area contributed by atoms with Crippen LogP contribution in [0.25, 0.3) is 0 Å². The summed E-state index contributed by atoms with van der Waals surface area (Å²) in [7, 11) is 0. The van der Waals surface area contributed by atoms with E-state index >= 15 is 0 Å². The number of rotatable bonds is 4. The predicted octanol–water partition coefficient (Wildman–Crippen LogP) is -1.59. The molecule has 1 aliphatic heterocycles. The maximum Gasteiger partial charge on any atom is 0.314 e. The van der Waals surface area contributed by atoms with Gasteiger partial charge in [-0.15, -0.1) is 0 Å². The van der Waals surface area contributed by atoms with E-state index in [0.717, 1.165) is 0 Å². The Morgan fingerprint density at radius 2 is 1.70 bits per heavy atom. The molecule has 0 aromatic carbocycles. The lowest BCUT2D eigenvalue weighted by Crippen LogP contribution is -2.64. The molecular weight excluding hydrogens is 488 g/mol. The zero-order valence-electron chi connectivity index (χ0n) is 21.4. The average molecular weight is 531 g/mol. The van der Waals surface area contributed by atoms with Crippen molar-refractivity contribution < 1.29 is 55.1 Å². The average Bonchev–Trinajstić information content (AvgIpc) is 3.02. The molecule has 4 aliphatic carbocycles. The van der Waals surface area contributed by atoms with Crippen LogP contribution >= 0.6 is 0 Å². The van der Waals surface area contributed by atoms with Crippen molar-refractivity contribution in [1.29, 1.82) is 0 Å². The zero-order valence-corrected chi connectivity index (χ0v) is 21.4. The number of aliphatic hydroxyl groups is 8. The number of hydrogen-bond acceptors (Lipinski definition) is 11. The molecule has 14 atom stereocenters. The molecule has 1 heterocycles. The van der Waals surface area contributed by atoms with E-state index in [4.69, 9.17) is 9.47 Å². The summed E-state index contributed by atoms with van der Waals surface area (Å²) in [5, 5.41) is 84.0. The number of ether oxygens (including phenoxy) is 2. The molecule has 0 aromatic rings. The Kier molecular flexibility index (Phi) is 6.78. The van der Waals surface area contributed by atoms with Crippen LogP contribution in [0.1, 0.15) is 58.8 Å². The van der Waals surface area contributed by atoms with Gasteiger partial charge in [-0.3, -0.25) is 4.79 Å². The summed E-state index contributed by atoms with van der Waals surface area (Å²) in [4.78, 5) is 13.7. The highest BCUT2D eigenvalue weighted by atomic mass is 16.7. The number of fused-ring (bicyclic) bond motifs is 3. The van der Waals surface area contributed by atoms with Crippen LogP contribution in [0.4, 0.5) is 0 Å². The zero-order chi connectivity index (χ0) is 27.1. The van der Waals surface area contributed by atoms with E-state index < -0.39 is 95.8 Å². The summed E-state index contributed by atoms with van der Waals surface area (Å²) in [6.45, 7) is 2.62. The number of carbonyl (C=O) groups excluding carboxylic acids is 1. The lowest BCUT2D eigenvalue weighted by atomic mass is 9.40. The quantitative estimate of drug-likeness (QED) is 0.195. The summed E-state index contributed by atoms with van der Waals surface area (Å²) < 4.78 is 11.0. The highest BCUT2D eigenvalue weighted by molar-refractivity contribution is 5.77. The van der Waals surface area contributed by atoms with Gasteiger partial charge in [-0.25, -0.2) is 0 Å². The van der Waals surface area contributed by atoms with Crippen LogP contribution in [0.2, 0.25) is 0 Å². The minimum Gasteiger partial charge on any atom is -0.432 e. The van der Waals surface area contributed by atoms with Crippen LogP contribution < -0.4 is 0 Å². The highest BCUT2D eigenvalue weighted by Crippen LogP contribution is 2.73. The summed E-state index contributed by atoms with van der Waals surface area (Å²) >= 11 is 0. The van der Waals surface area contributed by atoms with Crippen LogP contribution in [-0.4, -0.2) is 109 Å². The first-order valence-corrected chi connectivity index (χ1v) is 13.5. The van der Waals surface area contributed by atoms with E-state index in [1.54, 1.807) is 6.92 Å². The van der Waals surface area contributed by atoms with Crippen LogP contribution in [0, 0.1) is 34.0 Å². The fourth-order valence-corrected chi connectivity index (χ4v) is 9.56. The molecule has 1 spiro atoms. The molecule has 0 amide bonds. The van der Waals surface area contributed by atoms with Crippen LogP contribution in [0.3, 0.4) is 0 Å². The molecule has 2 bridgehead atoms. The molecule has 0 unspecified atom stereocenters. The van der Waals surface area contributed by atoms with Gasteiger partial charge in [-0.2, -0.15) is 0 Å². The predicted molar refractivity (Wildman–Crippen MR) is 125 cm³/mol. The van der Waals surface area contributed by atoms with Gasteiger partial charge in [0.15, 0.2) is 0 Å². The molecule has 0 aromatic heterocycles. The molecule has 5 aliphatic rings. The molecule has 0 radical (unpaired) electrons. The number of aliphatic hydroxyl groups excluding tert-OH is 7. The summed E-state index contributed by atoms with van der Waals surface area (Å²) in [5.74, 6) is -1.69. The van der Waals surface area contributed by atoms with Crippen molar-refractivity contribution in [3.8, 4) is 0 Å². The number of hydrogen-bond donors (Lipinski definition) is 8. The van der Waals surface area contributed by atoms with Crippen LogP contribution in [0.5, 0.6) is 0 Å². The summed E-state index contributed by atoms with van der Waals surface area (Å²) in [6.07, 6.45) is -6.09. The Balaban J connectivity index is 1.43. The van der Waals surface area contributed by atoms with E-state index in [-0.39, 0.29) is 12.3 Å². The van der Waals surface area contributed by atoms with Crippen molar-refractivity contribution in [1.82, 2.24) is 0 Å². The Morgan fingerprint density at radius 1 is 1.00 bits per heavy atom. The lowest BCUT2D eigenvalue weighted by molar-refractivity contribution is -0.298. The Labute approximate surface area is 216 Å². The molecule has 11 nitrogen and oxygen atoms in total. The van der Waals surface area contributed by atoms with Crippen LogP contribution in [0.15, 0.2) is 0 Å². The van der Waals surface area contributed by atoms with Crippen molar-refractivity contribution >= 4 is 5.97 Å². The number of carbonyl (C=O) groups is 1. The van der Waals surface area contributed by atoms with E-state index in [0.29, 0.717) is 38.5 Å². The van der Waals surface area contributed by atoms with Gasteiger partial charge in [0.05, 0.1) is 30.8 Å². The molecule has 5 rings (SSSR count). The van der Waals surface area contributed by atoms with Gasteiger partial charge in [0.1, 0.15) is 30.0 Å². The van der Waals surface area contributed by atoms with Gasteiger partial charge >= 0.3 is 5.97 Å². The maximum atomic E-state index is 13.7. The molecule has 212 valence electrons. The fourth-order valence-electron chi connectivity index (χ4n) is 9.56. The van der Waals surface area contributed by atoms with Crippen molar-refractivity contribution in [2.45, 2.75) is 107 Å². The second-order valence-electron chi connectivity index (χ2n) is 12.9. The number of esters is 1. The lowest BCUT2D eigenvalue weighted by Gasteiger charge is -2.64. The Morgan fingerprint density at radius 3 is 2.35 bits per heavy atom. The molecule has 11 heteroatoms. The van der Waals surface area contributed by atoms with E-state index in [1.165, 1.54) is 0 Å². The maximum absolute atomic E-state index is 13.7. The minimum absolute atomic E-state index is 0.247. The van der Waals surface area contributed by atoms with Gasteiger partial charge in [-0.1, -0.05) is 13.3 Å². The fraction of sp³-hybridized carbons (Fsp3) is 0.962. The van der Waals surface area contributed by atoms with Gasteiger partial charge in [0.25, 0.3) is 0 Å². The Hall–Kier alpha value is -0.890. The third kappa shape index (κ3) is 3.62. The third-order valence-corrected chi connectivity index (χ3v) is 11.3. The molecule has 37 heavy (non-hydrogen) atoms. The van der Waals surface area contributed by atoms with Crippen molar-refractivity contribution in [3.05, 3.63) is 0 Å².